The molecule has 0 bridgehead atoms. The largest absolute Gasteiger partial charge is 0.463 e. The zero-order valence-electron chi connectivity index (χ0n) is 9.32. The molecular weight excluding hydrogens is 220 g/mol. The average molecular weight is 234 g/mol. The Morgan fingerprint density at radius 1 is 1.59 bits per heavy atom. The van der Waals surface area contributed by atoms with Crippen LogP contribution in [0.15, 0.2) is 22.8 Å². The van der Waals surface area contributed by atoms with E-state index in [0.717, 1.165) is 18.4 Å². The average Bonchev–Trinajstić information content (AvgIpc) is 2.78. The maximum atomic E-state index is 11.8. The Hall–Kier alpha value is -1.75. The van der Waals surface area contributed by atoms with Gasteiger partial charge in [-0.2, -0.15) is 0 Å². The number of furan rings is 1. The minimum Gasteiger partial charge on any atom is -0.463 e. The molecule has 90 valence electrons. The Kier molecular flexibility index (Phi) is 2.22. The van der Waals surface area contributed by atoms with Gasteiger partial charge in [0.1, 0.15) is 5.69 Å². The SMILES string of the molecule is O=C(NCC1(CO)CC1)c1cc2occc2[nH]1. The summed E-state index contributed by atoms with van der Waals surface area (Å²) >= 11 is 0. The molecule has 1 amide bonds. The van der Waals surface area contributed by atoms with Crippen molar-refractivity contribution in [1.82, 2.24) is 10.3 Å². The quantitative estimate of drug-likeness (QED) is 0.745. The van der Waals surface area contributed by atoms with Gasteiger partial charge in [-0.05, 0) is 12.8 Å². The first-order chi connectivity index (χ1) is 8.22. The van der Waals surface area contributed by atoms with Crippen LogP contribution in [0.4, 0.5) is 0 Å². The Morgan fingerprint density at radius 2 is 2.41 bits per heavy atom. The Labute approximate surface area is 97.8 Å². The van der Waals surface area contributed by atoms with Gasteiger partial charge in [-0.15, -0.1) is 0 Å². The molecule has 2 aromatic heterocycles. The third-order valence-electron chi connectivity index (χ3n) is 3.40. The molecule has 0 spiro atoms. The van der Waals surface area contributed by atoms with E-state index in [4.69, 9.17) is 9.52 Å². The lowest BCUT2D eigenvalue weighted by molar-refractivity contribution is 0.0931. The zero-order chi connectivity index (χ0) is 11.9. The normalized spacial score (nSPS) is 17.2. The summed E-state index contributed by atoms with van der Waals surface area (Å²) in [6, 6.07) is 3.46. The molecule has 3 rings (SSSR count). The van der Waals surface area contributed by atoms with E-state index < -0.39 is 0 Å². The highest BCUT2D eigenvalue weighted by molar-refractivity contribution is 5.96. The van der Waals surface area contributed by atoms with Crippen LogP contribution in [-0.2, 0) is 0 Å². The highest BCUT2D eigenvalue weighted by atomic mass is 16.3. The lowest BCUT2D eigenvalue weighted by Crippen LogP contribution is -2.32. The van der Waals surface area contributed by atoms with E-state index in [2.05, 4.69) is 10.3 Å². The minimum absolute atomic E-state index is 0.0681. The first-order valence-electron chi connectivity index (χ1n) is 5.68. The van der Waals surface area contributed by atoms with Crippen LogP contribution in [0.2, 0.25) is 0 Å². The van der Waals surface area contributed by atoms with Gasteiger partial charge in [0.25, 0.3) is 5.91 Å². The van der Waals surface area contributed by atoms with Crippen molar-refractivity contribution in [2.45, 2.75) is 12.8 Å². The molecule has 1 aliphatic carbocycles. The lowest BCUT2D eigenvalue weighted by atomic mass is 10.1. The van der Waals surface area contributed by atoms with Crippen molar-refractivity contribution >= 4 is 17.0 Å². The molecule has 2 heterocycles. The van der Waals surface area contributed by atoms with Gasteiger partial charge < -0.3 is 19.8 Å². The van der Waals surface area contributed by atoms with Gasteiger partial charge in [-0.3, -0.25) is 4.79 Å². The highest BCUT2D eigenvalue weighted by Crippen LogP contribution is 2.44. The molecule has 17 heavy (non-hydrogen) atoms. The van der Waals surface area contributed by atoms with Crippen LogP contribution in [0.5, 0.6) is 0 Å². The molecular formula is C12H14N2O3. The second-order valence-electron chi connectivity index (χ2n) is 4.72. The number of hydrogen-bond donors (Lipinski definition) is 3. The fourth-order valence-corrected chi connectivity index (χ4v) is 1.90. The monoisotopic (exact) mass is 234 g/mol. The first-order valence-corrected chi connectivity index (χ1v) is 5.68. The fraction of sp³-hybridized carbons (Fsp3) is 0.417. The second-order valence-corrected chi connectivity index (χ2v) is 4.72. The summed E-state index contributed by atoms with van der Waals surface area (Å²) in [6.45, 7) is 0.670. The lowest BCUT2D eigenvalue weighted by Gasteiger charge is -2.11. The number of rotatable bonds is 4. The van der Waals surface area contributed by atoms with Gasteiger partial charge in [0.15, 0.2) is 5.58 Å². The fourth-order valence-electron chi connectivity index (χ4n) is 1.90. The van der Waals surface area contributed by atoms with Crippen molar-refractivity contribution in [3.8, 4) is 0 Å². The molecule has 1 saturated carbocycles. The molecule has 1 aliphatic rings. The summed E-state index contributed by atoms with van der Waals surface area (Å²) in [4.78, 5) is 14.8. The summed E-state index contributed by atoms with van der Waals surface area (Å²) in [6.07, 6.45) is 3.54. The molecule has 5 heteroatoms. The summed E-state index contributed by atoms with van der Waals surface area (Å²) in [5, 5.41) is 12.0. The van der Waals surface area contributed by atoms with E-state index in [0.29, 0.717) is 17.8 Å². The van der Waals surface area contributed by atoms with Crippen molar-refractivity contribution in [2.75, 3.05) is 13.2 Å². The maximum Gasteiger partial charge on any atom is 0.267 e. The highest BCUT2D eigenvalue weighted by Gasteiger charge is 2.42. The van der Waals surface area contributed by atoms with Crippen LogP contribution in [0.3, 0.4) is 0 Å². The summed E-state index contributed by atoms with van der Waals surface area (Å²) in [7, 11) is 0. The predicted molar refractivity (Wildman–Crippen MR) is 61.7 cm³/mol. The molecule has 5 nitrogen and oxygen atoms in total. The van der Waals surface area contributed by atoms with E-state index in [9.17, 15) is 4.79 Å². The van der Waals surface area contributed by atoms with Crippen molar-refractivity contribution in [2.24, 2.45) is 5.41 Å². The number of aliphatic hydroxyl groups excluding tert-OH is 1. The number of aliphatic hydroxyl groups is 1. The van der Waals surface area contributed by atoms with Crippen LogP contribution in [0.1, 0.15) is 23.3 Å². The number of aromatic nitrogens is 1. The Bertz CT molecular complexity index is 522. The van der Waals surface area contributed by atoms with Gasteiger partial charge >= 0.3 is 0 Å². The van der Waals surface area contributed by atoms with Crippen LogP contribution >= 0.6 is 0 Å². The number of carbonyl (C=O) groups is 1. The van der Waals surface area contributed by atoms with Crippen molar-refractivity contribution in [3.05, 3.63) is 24.1 Å². The van der Waals surface area contributed by atoms with E-state index in [-0.39, 0.29) is 17.9 Å². The van der Waals surface area contributed by atoms with Gasteiger partial charge in [-0.25, -0.2) is 0 Å². The standard InChI is InChI=1S/C12H14N2O3/c15-7-12(2-3-12)6-13-11(16)9-5-10-8(14-9)1-4-17-10/h1,4-5,14-15H,2-3,6-7H2,(H,13,16). The molecule has 0 saturated heterocycles. The zero-order valence-corrected chi connectivity index (χ0v) is 9.32. The molecule has 0 unspecified atom stereocenters. The number of nitrogens with one attached hydrogen (secondary N) is 2. The second kappa shape index (κ2) is 3.63. The van der Waals surface area contributed by atoms with E-state index in [1.807, 2.05) is 0 Å². The third kappa shape index (κ3) is 1.82. The molecule has 2 aromatic rings. The van der Waals surface area contributed by atoms with Crippen molar-refractivity contribution in [1.29, 1.82) is 0 Å². The van der Waals surface area contributed by atoms with Crippen LogP contribution in [0, 0.1) is 5.41 Å². The number of aromatic amines is 1. The Balaban J connectivity index is 1.68. The van der Waals surface area contributed by atoms with Crippen LogP contribution in [-0.4, -0.2) is 29.1 Å². The first kappa shape index (κ1) is 10.4. The molecule has 0 aromatic carbocycles. The van der Waals surface area contributed by atoms with Crippen LogP contribution in [0.25, 0.3) is 11.1 Å². The number of fused-ring (bicyclic) bond motifs is 1. The van der Waals surface area contributed by atoms with E-state index in [1.54, 1.807) is 18.4 Å². The minimum atomic E-state index is -0.156. The number of carbonyl (C=O) groups excluding carboxylic acids is 1. The maximum absolute atomic E-state index is 11.8. The molecule has 1 fully saturated rings. The molecule has 0 aliphatic heterocycles. The molecule has 3 N–H and O–H groups in total. The Morgan fingerprint density at radius 3 is 3.06 bits per heavy atom. The third-order valence-corrected chi connectivity index (χ3v) is 3.40. The van der Waals surface area contributed by atoms with Crippen molar-refractivity contribution in [3.63, 3.8) is 0 Å². The van der Waals surface area contributed by atoms with Gasteiger partial charge in [0.2, 0.25) is 0 Å². The molecule has 0 atom stereocenters. The van der Waals surface area contributed by atoms with Crippen molar-refractivity contribution < 1.29 is 14.3 Å². The summed E-state index contributed by atoms with van der Waals surface area (Å²) < 4.78 is 5.18. The predicted octanol–water partition coefficient (Wildman–Crippen LogP) is 1.26. The summed E-state index contributed by atoms with van der Waals surface area (Å²) in [5.41, 5.74) is 1.92. The number of amides is 1. The van der Waals surface area contributed by atoms with E-state index >= 15 is 0 Å². The van der Waals surface area contributed by atoms with Gasteiger partial charge in [0, 0.05) is 24.1 Å². The number of H-pyrrole nitrogens is 1. The van der Waals surface area contributed by atoms with Gasteiger partial charge in [-0.1, -0.05) is 0 Å². The van der Waals surface area contributed by atoms with Gasteiger partial charge in [0.05, 0.1) is 18.4 Å². The van der Waals surface area contributed by atoms with E-state index in [1.165, 1.54) is 0 Å². The smallest absolute Gasteiger partial charge is 0.267 e. The van der Waals surface area contributed by atoms with Crippen LogP contribution < -0.4 is 5.32 Å². The number of hydrogen-bond acceptors (Lipinski definition) is 3. The summed E-state index contributed by atoms with van der Waals surface area (Å²) in [5.74, 6) is -0.156. The molecule has 0 radical (unpaired) electrons. The topological polar surface area (TPSA) is 78.3 Å².